The quantitative estimate of drug-likeness (QED) is 0.887. The van der Waals surface area contributed by atoms with Gasteiger partial charge in [-0.2, -0.15) is 0 Å². The molecule has 1 saturated heterocycles. The Balaban J connectivity index is 1.61. The highest BCUT2D eigenvalue weighted by Gasteiger charge is 2.34. The van der Waals surface area contributed by atoms with Crippen LogP contribution in [0, 0.1) is 25.6 Å². The van der Waals surface area contributed by atoms with Crippen LogP contribution in [0.1, 0.15) is 48.8 Å². The normalized spacial score (nSPS) is 29.2. The van der Waals surface area contributed by atoms with E-state index < -0.39 is 0 Å². The molecule has 1 aliphatic carbocycles. The Hall–Kier alpha value is -0.930. The van der Waals surface area contributed by atoms with Crippen molar-refractivity contribution in [2.24, 2.45) is 5.92 Å². The summed E-state index contributed by atoms with van der Waals surface area (Å²) in [5, 5.41) is 7.40. The first-order valence-corrected chi connectivity index (χ1v) is 8.37. The number of benzene rings is 1. The minimum Gasteiger partial charge on any atom is -0.314 e. The van der Waals surface area contributed by atoms with Crippen LogP contribution in [0.5, 0.6) is 0 Å². The van der Waals surface area contributed by atoms with Crippen LogP contribution in [-0.2, 0) is 6.54 Å². The predicted octanol–water partition coefficient (Wildman–Crippen LogP) is 3.45. The molecular formula is C18H27FN2. The monoisotopic (exact) mass is 290 g/mol. The highest BCUT2D eigenvalue weighted by atomic mass is 19.1. The molecule has 0 aromatic heterocycles. The SMILES string of the molecule is Cc1cc(CNC2CCCC2C2CCCN2)cc(C)c1F. The van der Waals surface area contributed by atoms with E-state index in [-0.39, 0.29) is 5.82 Å². The first-order chi connectivity index (χ1) is 10.1. The van der Waals surface area contributed by atoms with Crippen molar-refractivity contribution in [3.8, 4) is 0 Å². The van der Waals surface area contributed by atoms with Gasteiger partial charge in [0.05, 0.1) is 0 Å². The average Bonchev–Trinajstić information content (AvgIpc) is 3.12. The maximum atomic E-state index is 13.7. The highest BCUT2D eigenvalue weighted by Crippen LogP contribution is 2.32. The lowest BCUT2D eigenvalue weighted by Gasteiger charge is -2.27. The summed E-state index contributed by atoms with van der Waals surface area (Å²) in [5.74, 6) is 0.711. The molecule has 116 valence electrons. The van der Waals surface area contributed by atoms with Crippen molar-refractivity contribution in [3.05, 3.63) is 34.6 Å². The van der Waals surface area contributed by atoms with Crippen LogP contribution < -0.4 is 10.6 Å². The number of rotatable bonds is 4. The van der Waals surface area contributed by atoms with Gasteiger partial charge in [0.15, 0.2) is 0 Å². The maximum Gasteiger partial charge on any atom is 0.129 e. The smallest absolute Gasteiger partial charge is 0.129 e. The van der Waals surface area contributed by atoms with E-state index >= 15 is 0 Å². The fourth-order valence-corrected chi connectivity index (χ4v) is 4.19. The van der Waals surface area contributed by atoms with E-state index in [4.69, 9.17) is 0 Å². The van der Waals surface area contributed by atoms with E-state index in [1.165, 1.54) is 44.2 Å². The van der Waals surface area contributed by atoms with Crippen LogP contribution in [0.4, 0.5) is 4.39 Å². The molecule has 0 radical (unpaired) electrons. The topological polar surface area (TPSA) is 24.1 Å². The zero-order valence-electron chi connectivity index (χ0n) is 13.2. The van der Waals surface area contributed by atoms with Crippen LogP contribution in [0.2, 0.25) is 0 Å². The van der Waals surface area contributed by atoms with Gasteiger partial charge in [-0.15, -0.1) is 0 Å². The Morgan fingerprint density at radius 1 is 1.14 bits per heavy atom. The number of aryl methyl sites for hydroxylation is 2. The molecule has 2 N–H and O–H groups in total. The predicted molar refractivity (Wildman–Crippen MR) is 84.9 cm³/mol. The summed E-state index contributed by atoms with van der Waals surface area (Å²) in [6, 6.07) is 5.29. The first-order valence-electron chi connectivity index (χ1n) is 8.37. The van der Waals surface area contributed by atoms with Gasteiger partial charge < -0.3 is 10.6 Å². The number of hydrogen-bond acceptors (Lipinski definition) is 2. The van der Waals surface area contributed by atoms with Crippen molar-refractivity contribution in [2.75, 3.05) is 6.54 Å². The number of halogens is 1. The molecule has 0 bridgehead atoms. The fourth-order valence-electron chi connectivity index (χ4n) is 4.19. The summed E-state index contributed by atoms with van der Waals surface area (Å²) in [6.45, 7) is 5.75. The molecule has 3 heteroatoms. The standard InChI is InChI=1S/C18H27FN2/c1-12-9-14(10-13(2)18(12)19)11-21-17-6-3-5-15(17)16-7-4-8-20-16/h9-10,15-17,20-21H,3-8,11H2,1-2H3. The van der Waals surface area contributed by atoms with E-state index in [9.17, 15) is 4.39 Å². The zero-order chi connectivity index (χ0) is 14.8. The van der Waals surface area contributed by atoms with E-state index in [0.29, 0.717) is 12.1 Å². The van der Waals surface area contributed by atoms with Crippen molar-refractivity contribution in [2.45, 2.75) is 64.6 Å². The summed E-state index contributed by atoms with van der Waals surface area (Å²) in [6.07, 6.45) is 6.61. The molecule has 2 fully saturated rings. The molecule has 0 amide bonds. The summed E-state index contributed by atoms with van der Waals surface area (Å²) in [7, 11) is 0. The summed E-state index contributed by atoms with van der Waals surface area (Å²) in [4.78, 5) is 0. The second-order valence-corrected chi connectivity index (χ2v) is 6.83. The molecule has 2 aliphatic rings. The second kappa shape index (κ2) is 6.45. The Bertz CT molecular complexity index is 471. The second-order valence-electron chi connectivity index (χ2n) is 6.83. The Kier molecular flexibility index (Phi) is 4.60. The van der Waals surface area contributed by atoms with Crippen molar-refractivity contribution in [3.63, 3.8) is 0 Å². The van der Waals surface area contributed by atoms with Crippen LogP contribution in [0.15, 0.2) is 12.1 Å². The summed E-state index contributed by atoms with van der Waals surface area (Å²) >= 11 is 0. The van der Waals surface area contributed by atoms with Gasteiger partial charge in [0, 0.05) is 18.6 Å². The third kappa shape index (κ3) is 3.29. The van der Waals surface area contributed by atoms with Crippen LogP contribution >= 0.6 is 0 Å². The molecule has 3 atom stereocenters. The van der Waals surface area contributed by atoms with Gasteiger partial charge in [0.1, 0.15) is 5.82 Å². The van der Waals surface area contributed by atoms with E-state index in [0.717, 1.165) is 23.6 Å². The molecule has 1 aromatic rings. The van der Waals surface area contributed by atoms with E-state index in [2.05, 4.69) is 10.6 Å². The molecule has 1 aromatic carbocycles. The molecule has 21 heavy (non-hydrogen) atoms. The van der Waals surface area contributed by atoms with Crippen LogP contribution in [0.3, 0.4) is 0 Å². The Morgan fingerprint density at radius 2 is 1.90 bits per heavy atom. The lowest BCUT2D eigenvalue weighted by molar-refractivity contribution is 0.320. The van der Waals surface area contributed by atoms with Gasteiger partial charge >= 0.3 is 0 Å². The Morgan fingerprint density at radius 3 is 2.57 bits per heavy atom. The first kappa shape index (κ1) is 15.0. The third-order valence-electron chi connectivity index (χ3n) is 5.25. The molecular weight excluding hydrogens is 263 g/mol. The van der Waals surface area contributed by atoms with Crippen molar-refractivity contribution >= 4 is 0 Å². The molecule has 0 spiro atoms. The van der Waals surface area contributed by atoms with E-state index in [1.54, 1.807) is 0 Å². The van der Waals surface area contributed by atoms with E-state index in [1.807, 2.05) is 26.0 Å². The van der Waals surface area contributed by atoms with Crippen molar-refractivity contribution in [1.82, 2.24) is 10.6 Å². The molecule has 1 saturated carbocycles. The zero-order valence-corrected chi connectivity index (χ0v) is 13.2. The summed E-state index contributed by atoms with van der Waals surface area (Å²) < 4.78 is 13.7. The van der Waals surface area contributed by atoms with Gasteiger partial charge in [0.2, 0.25) is 0 Å². The van der Waals surface area contributed by atoms with Gasteiger partial charge in [-0.1, -0.05) is 18.6 Å². The van der Waals surface area contributed by atoms with Gasteiger partial charge in [-0.3, -0.25) is 0 Å². The third-order valence-corrected chi connectivity index (χ3v) is 5.25. The van der Waals surface area contributed by atoms with Crippen LogP contribution in [0.25, 0.3) is 0 Å². The Labute approximate surface area is 127 Å². The molecule has 1 heterocycles. The fraction of sp³-hybridized carbons (Fsp3) is 0.667. The van der Waals surface area contributed by atoms with Gasteiger partial charge in [-0.05, 0) is 68.7 Å². The van der Waals surface area contributed by atoms with Crippen molar-refractivity contribution < 1.29 is 4.39 Å². The lowest BCUT2D eigenvalue weighted by Crippen LogP contribution is -2.41. The molecule has 1 aliphatic heterocycles. The average molecular weight is 290 g/mol. The van der Waals surface area contributed by atoms with Crippen LogP contribution in [-0.4, -0.2) is 18.6 Å². The maximum absolute atomic E-state index is 13.7. The minimum absolute atomic E-state index is 0.0624. The van der Waals surface area contributed by atoms with Gasteiger partial charge in [-0.25, -0.2) is 4.39 Å². The summed E-state index contributed by atoms with van der Waals surface area (Å²) in [5.41, 5.74) is 2.72. The molecule has 3 rings (SSSR count). The largest absolute Gasteiger partial charge is 0.314 e. The minimum atomic E-state index is -0.0624. The lowest BCUT2D eigenvalue weighted by atomic mass is 9.93. The molecule has 3 unspecified atom stereocenters. The van der Waals surface area contributed by atoms with Gasteiger partial charge in [0.25, 0.3) is 0 Å². The number of nitrogens with one attached hydrogen (secondary N) is 2. The molecule has 2 nitrogen and oxygen atoms in total. The van der Waals surface area contributed by atoms with Crippen molar-refractivity contribution in [1.29, 1.82) is 0 Å². The number of hydrogen-bond donors (Lipinski definition) is 2. The highest BCUT2D eigenvalue weighted by molar-refractivity contribution is 5.30.